The predicted molar refractivity (Wildman–Crippen MR) is 124 cm³/mol. The molecule has 0 saturated carbocycles. The van der Waals surface area contributed by atoms with Gasteiger partial charge < -0.3 is 24.7 Å². The van der Waals surface area contributed by atoms with Crippen molar-refractivity contribution in [3.63, 3.8) is 0 Å². The van der Waals surface area contributed by atoms with E-state index in [4.69, 9.17) is 9.47 Å². The summed E-state index contributed by atoms with van der Waals surface area (Å²) in [5.74, 6) is 3.32. The smallest absolute Gasteiger partial charge is 0.191 e. The third kappa shape index (κ3) is 7.95. The first-order chi connectivity index (χ1) is 13.1. The first-order valence-electron chi connectivity index (χ1n) is 9.36. The maximum atomic E-state index is 5.95. The number of aliphatic imine (C=N–C) groups is 1. The van der Waals surface area contributed by atoms with Crippen LogP contribution < -0.4 is 20.1 Å². The Kier molecular flexibility index (Phi) is 11.4. The Hall–Kier alpha value is -1.97. The topological polar surface area (TPSA) is 72.7 Å². The minimum atomic E-state index is -0.0240. The highest BCUT2D eigenvalue weighted by Gasteiger charge is 2.09. The lowest BCUT2D eigenvalue weighted by atomic mass is 10.3. The first kappa shape index (κ1) is 24.1. The van der Waals surface area contributed by atoms with Gasteiger partial charge in [-0.15, -0.1) is 24.0 Å². The number of aryl methyl sites for hydroxylation is 2. The lowest BCUT2D eigenvalue weighted by Crippen LogP contribution is -2.42. The van der Waals surface area contributed by atoms with Crippen molar-refractivity contribution in [2.45, 2.75) is 39.3 Å². The van der Waals surface area contributed by atoms with Crippen LogP contribution in [0.1, 0.15) is 25.6 Å². The molecule has 28 heavy (non-hydrogen) atoms. The summed E-state index contributed by atoms with van der Waals surface area (Å²) < 4.78 is 13.4. The van der Waals surface area contributed by atoms with Crippen LogP contribution in [0.5, 0.6) is 11.5 Å². The van der Waals surface area contributed by atoms with Crippen molar-refractivity contribution in [1.29, 1.82) is 0 Å². The molecule has 0 spiro atoms. The van der Waals surface area contributed by atoms with Crippen LogP contribution in [0.4, 0.5) is 0 Å². The number of halogens is 1. The van der Waals surface area contributed by atoms with E-state index in [1.807, 2.05) is 50.5 Å². The fraction of sp³-hybridized carbons (Fsp3) is 0.500. The lowest BCUT2D eigenvalue weighted by Gasteiger charge is -2.19. The number of ether oxygens (including phenoxy) is 2. The normalized spacial score (nSPS) is 12.1. The van der Waals surface area contributed by atoms with E-state index in [0.717, 1.165) is 49.2 Å². The number of para-hydroxylation sites is 2. The number of nitrogens with zero attached hydrogens (tertiary/aromatic N) is 3. The van der Waals surface area contributed by atoms with Gasteiger partial charge >= 0.3 is 0 Å². The summed E-state index contributed by atoms with van der Waals surface area (Å²) in [6.45, 7) is 6.54. The Morgan fingerprint density at radius 3 is 2.61 bits per heavy atom. The molecule has 7 nitrogen and oxygen atoms in total. The van der Waals surface area contributed by atoms with E-state index < -0.39 is 0 Å². The minimum absolute atomic E-state index is 0. The van der Waals surface area contributed by atoms with Gasteiger partial charge in [-0.25, -0.2) is 4.98 Å². The Balaban J connectivity index is 0.00000392. The van der Waals surface area contributed by atoms with Gasteiger partial charge in [-0.1, -0.05) is 12.1 Å². The van der Waals surface area contributed by atoms with Crippen LogP contribution in [0.15, 0.2) is 41.7 Å². The average molecular weight is 501 g/mol. The molecule has 0 amide bonds. The van der Waals surface area contributed by atoms with E-state index in [1.165, 1.54) is 0 Å². The van der Waals surface area contributed by atoms with Crippen molar-refractivity contribution in [2.24, 2.45) is 4.99 Å². The van der Waals surface area contributed by atoms with Gasteiger partial charge in [-0.3, -0.25) is 4.99 Å². The van der Waals surface area contributed by atoms with Gasteiger partial charge in [-0.2, -0.15) is 0 Å². The SMILES string of the molecule is CN=C(NCCCCn1ccnc1C)NCC(C)Oc1ccccc1OC.I. The molecule has 1 unspecified atom stereocenters. The van der Waals surface area contributed by atoms with E-state index in [0.29, 0.717) is 6.54 Å². The summed E-state index contributed by atoms with van der Waals surface area (Å²) in [6.07, 6.45) is 5.99. The number of nitrogens with one attached hydrogen (secondary N) is 2. The molecule has 0 radical (unpaired) electrons. The molecule has 0 fully saturated rings. The van der Waals surface area contributed by atoms with E-state index >= 15 is 0 Å². The predicted octanol–water partition coefficient (Wildman–Crippen LogP) is 3.23. The number of rotatable bonds is 10. The van der Waals surface area contributed by atoms with E-state index in [2.05, 4.69) is 25.2 Å². The summed E-state index contributed by atoms with van der Waals surface area (Å²) in [7, 11) is 3.42. The largest absolute Gasteiger partial charge is 0.493 e. The average Bonchev–Trinajstić information content (AvgIpc) is 3.09. The van der Waals surface area contributed by atoms with Gasteiger partial charge in [-0.05, 0) is 38.8 Å². The first-order valence-corrected chi connectivity index (χ1v) is 9.36. The summed E-state index contributed by atoms with van der Waals surface area (Å²) >= 11 is 0. The number of methoxy groups -OCH3 is 1. The summed E-state index contributed by atoms with van der Waals surface area (Å²) in [5.41, 5.74) is 0. The summed E-state index contributed by atoms with van der Waals surface area (Å²) in [4.78, 5) is 8.50. The minimum Gasteiger partial charge on any atom is -0.493 e. The number of hydrogen-bond acceptors (Lipinski definition) is 4. The molecule has 1 atom stereocenters. The van der Waals surface area contributed by atoms with Crippen molar-refractivity contribution in [3.05, 3.63) is 42.5 Å². The molecule has 0 bridgehead atoms. The molecular formula is C20H32IN5O2. The molecule has 1 heterocycles. The highest BCUT2D eigenvalue weighted by molar-refractivity contribution is 14.0. The second kappa shape index (κ2) is 13.2. The Labute approximate surface area is 185 Å². The zero-order valence-electron chi connectivity index (χ0n) is 17.1. The molecule has 0 aliphatic heterocycles. The molecule has 0 aliphatic rings. The maximum Gasteiger partial charge on any atom is 0.191 e. The monoisotopic (exact) mass is 501 g/mol. The molecule has 0 saturated heterocycles. The van der Waals surface area contributed by atoms with Crippen LogP contribution >= 0.6 is 24.0 Å². The van der Waals surface area contributed by atoms with Crippen LogP contribution in [0.3, 0.4) is 0 Å². The molecule has 1 aromatic heterocycles. The number of aromatic nitrogens is 2. The van der Waals surface area contributed by atoms with Crippen molar-refractivity contribution in [3.8, 4) is 11.5 Å². The molecule has 156 valence electrons. The van der Waals surface area contributed by atoms with Crippen molar-refractivity contribution < 1.29 is 9.47 Å². The van der Waals surface area contributed by atoms with E-state index in [9.17, 15) is 0 Å². The van der Waals surface area contributed by atoms with Crippen LogP contribution in [0.2, 0.25) is 0 Å². The second-order valence-corrected chi connectivity index (χ2v) is 6.33. The Morgan fingerprint density at radius 2 is 1.96 bits per heavy atom. The zero-order chi connectivity index (χ0) is 19.5. The van der Waals surface area contributed by atoms with E-state index in [-0.39, 0.29) is 30.1 Å². The van der Waals surface area contributed by atoms with Gasteiger partial charge in [0.2, 0.25) is 0 Å². The molecule has 2 N–H and O–H groups in total. The number of imidazole rings is 1. The third-order valence-electron chi connectivity index (χ3n) is 4.22. The molecule has 1 aromatic carbocycles. The fourth-order valence-electron chi connectivity index (χ4n) is 2.69. The van der Waals surface area contributed by atoms with Gasteiger partial charge in [0.15, 0.2) is 17.5 Å². The molecular weight excluding hydrogens is 469 g/mol. The van der Waals surface area contributed by atoms with Crippen molar-refractivity contribution in [1.82, 2.24) is 20.2 Å². The second-order valence-electron chi connectivity index (χ2n) is 6.33. The number of hydrogen-bond donors (Lipinski definition) is 2. The number of benzene rings is 1. The van der Waals surface area contributed by atoms with Crippen molar-refractivity contribution in [2.75, 3.05) is 27.2 Å². The quantitative estimate of drug-likeness (QED) is 0.227. The van der Waals surface area contributed by atoms with Gasteiger partial charge in [0.25, 0.3) is 0 Å². The standard InChI is InChI=1S/C20H31N5O2.HI/c1-16(27-19-10-6-5-9-18(19)26-4)15-24-20(21-3)23-11-7-8-13-25-14-12-22-17(25)2;/h5-6,9-10,12,14,16H,7-8,11,13,15H2,1-4H3,(H2,21,23,24);1H. The Bertz CT molecular complexity index is 720. The molecule has 2 aromatic rings. The molecule has 0 aliphatic carbocycles. The fourth-order valence-corrected chi connectivity index (χ4v) is 2.69. The number of guanidine groups is 1. The van der Waals surface area contributed by atoms with Crippen LogP contribution in [0.25, 0.3) is 0 Å². The van der Waals surface area contributed by atoms with Gasteiger partial charge in [0, 0.05) is 32.5 Å². The van der Waals surface area contributed by atoms with Gasteiger partial charge in [0.05, 0.1) is 13.7 Å². The van der Waals surface area contributed by atoms with Crippen LogP contribution in [-0.2, 0) is 6.54 Å². The summed E-state index contributed by atoms with van der Waals surface area (Å²) in [6, 6.07) is 7.66. The zero-order valence-corrected chi connectivity index (χ0v) is 19.5. The maximum absolute atomic E-state index is 5.95. The van der Waals surface area contributed by atoms with Gasteiger partial charge in [0.1, 0.15) is 11.9 Å². The Morgan fingerprint density at radius 1 is 1.21 bits per heavy atom. The highest BCUT2D eigenvalue weighted by Crippen LogP contribution is 2.26. The third-order valence-corrected chi connectivity index (χ3v) is 4.22. The molecule has 8 heteroatoms. The van der Waals surface area contributed by atoms with Crippen LogP contribution in [0, 0.1) is 6.92 Å². The lowest BCUT2D eigenvalue weighted by molar-refractivity contribution is 0.213. The van der Waals surface area contributed by atoms with E-state index in [1.54, 1.807) is 14.2 Å². The number of unbranched alkanes of at least 4 members (excludes halogenated alkanes) is 1. The van der Waals surface area contributed by atoms with Crippen LogP contribution in [-0.4, -0.2) is 48.9 Å². The summed E-state index contributed by atoms with van der Waals surface area (Å²) in [5, 5.41) is 6.64. The van der Waals surface area contributed by atoms with Crippen molar-refractivity contribution >= 4 is 29.9 Å². The molecule has 2 rings (SSSR count). The highest BCUT2D eigenvalue weighted by atomic mass is 127.